The van der Waals surface area contributed by atoms with Crippen molar-refractivity contribution in [2.45, 2.75) is 46.1 Å². The van der Waals surface area contributed by atoms with Crippen LogP contribution in [0.25, 0.3) is 0 Å². The van der Waals surface area contributed by atoms with E-state index in [1.54, 1.807) is 0 Å². The summed E-state index contributed by atoms with van der Waals surface area (Å²) in [6.07, 6.45) is 4.88. The van der Waals surface area contributed by atoms with Crippen LogP contribution in [0.15, 0.2) is 54.4 Å². The van der Waals surface area contributed by atoms with Gasteiger partial charge >= 0.3 is 0 Å². The fraction of sp³-hybridized carbons (Fsp3) is 0.364. The van der Waals surface area contributed by atoms with Crippen molar-refractivity contribution < 1.29 is 9.36 Å². The number of likely N-dealkylation sites (N-methyl/N-ethyl adjacent to an activating group) is 1. The molecule has 3 heteroatoms. The normalized spacial score (nSPS) is 17.0. The van der Waals surface area contributed by atoms with Crippen LogP contribution < -0.4 is 9.47 Å². The fourth-order valence-corrected chi connectivity index (χ4v) is 3.67. The van der Waals surface area contributed by atoms with Crippen molar-refractivity contribution in [2.24, 2.45) is 0 Å². The van der Waals surface area contributed by atoms with Crippen LogP contribution in [0.5, 0.6) is 0 Å². The second kappa shape index (κ2) is 6.47. The Hall–Kier alpha value is -2.42. The third-order valence-corrected chi connectivity index (χ3v) is 5.29. The van der Waals surface area contributed by atoms with E-state index >= 15 is 0 Å². The maximum Gasteiger partial charge on any atom is 0.222 e. The van der Waals surface area contributed by atoms with E-state index in [0.717, 1.165) is 17.8 Å². The minimum absolute atomic E-state index is 0.129. The number of aryl methyl sites for hydroxylation is 2. The van der Waals surface area contributed by atoms with Crippen LogP contribution in [0, 0.1) is 6.92 Å². The van der Waals surface area contributed by atoms with E-state index in [2.05, 4.69) is 62.2 Å². The van der Waals surface area contributed by atoms with Gasteiger partial charge < -0.3 is 4.90 Å². The van der Waals surface area contributed by atoms with E-state index < -0.39 is 0 Å². The molecule has 25 heavy (non-hydrogen) atoms. The highest BCUT2D eigenvalue weighted by Gasteiger charge is 2.38. The maximum absolute atomic E-state index is 12.8. The summed E-state index contributed by atoms with van der Waals surface area (Å²) in [6.45, 7) is 8.92. The molecule has 1 aliphatic rings. The Labute approximate surface area is 150 Å². The van der Waals surface area contributed by atoms with Gasteiger partial charge in [0, 0.05) is 48.5 Å². The van der Waals surface area contributed by atoms with Gasteiger partial charge in [0.1, 0.15) is 0 Å². The van der Waals surface area contributed by atoms with E-state index in [4.69, 9.17) is 0 Å². The average molecular weight is 335 g/mol. The molecule has 0 unspecified atom stereocenters. The Morgan fingerprint density at radius 1 is 1.20 bits per heavy atom. The molecule has 1 aromatic carbocycles. The fourth-order valence-electron chi connectivity index (χ4n) is 3.67. The zero-order chi connectivity index (χ0) is 18.2. The summed E-state index contributed by atoms with van der Waals surface area (Å²) in [5.41, 5.74) is 5.70. The molecule has 0 aliphatic carbocycles. The standard InChI is InChI=1S/C22H27N2O/c1-6-17-12-11-16(2)24(14-17)15-18(25)13-21-22(3,4)19-9-7-8-10-20(19)23(21)5/h7-14H,6,15H2,1-5H3/q+1/b21-13+. The number of hydrogen-bond donors (Lipinski definition) is 0. The zero-order valence-corrected chi connectivity index (χ0v) is 15.8. The Kier molecular flexibility index (Phi) is 4.51. The van der Waals surface area contributed by atoms with Crippen LogP contribution in [-0.2, 0) is 23.2 Å². The van der Waals surface area contributed by atoms with Crippen LogP contribution in [0.2, 0.25) is 0 Å². The van der Waals surface area contributed by atoms with Crippen LogP contribution >= 0.6 is 0 Å². The van der Waals surface area contributed by atoms with Gasteiger partial charge in [0.25, 0.3) is 0 Å². The molecular formula is C22H27N2O+. The maximum atomic E-state index is 12.8. The van der Waals surface area contributed by atoms with Gasteiger partial charge in [-0.05, 0) is 24.1 Å². The molecule has 0 amide bonds. The number of fused-ring (bicyclic) bond motifs is 1. The molecule has 0 saturated heterocycles. The number of anilines is 1. The number of benzene rings is 1. The number of ketones is 1. The van der Waals surface area contributed by atoms with Gasteiger partial charge in [-0.25, -0.2) is 0 Å². The summed E-state index contributed by atoms with van der Waals surface area (Å²) >= 11 is 0. The van der Waals surface area contributed by atoms with E-state index in [9.17, 15) is 4.79 Å². The van der Waals surface area contributed by atoms with Gasteiger partial charge in [-0.2, -0.15) is 4.57 Å². The second-order valence-corrected chi connectivity index (χ2v) is 7.36. The van der Waals surface area contributed by atoms with Crippen LogP contribution in [0.3, 0.4) is 0 Å². The summed E-state index contributed by atoms with van der Waals surface area (Å²) in [7, 11) is 2.04. The Morgan fingerprint density at radius 3 is 2.60 bits per heavy atom. The number of para-hydroxylation sites is 1. The predicted molar refractivity (Wildman–Crippen MR) is 102 cm³/mol. The molecule has 0 radical (unpaired) electrons. The molecule has 2 heterocycles. The van der Waals surface area contributed by atoms with Crippen molar-refractivity contribution in [3.8, 4) is 0 Å². The molecule has 1 aliphatic heterocycles. The van der Waals surface area contributed by atoms with E-state index in [-0.39, 0.29) is 11.2 Å². The number of nitrogens with zero attached hydrogens (tertiary/aromatic N) is 2. The largest absolute Gasteiger partial charge is 0.347 e. The molecule has 0 bridgehead atoms. The molecule has 3 nitrogen and oxygen atoms in total. The number of carbonyl (C=O) groups excluding carboxylic acids is 1. The topological polar surface area (TPSA) is 24.2 Å². The third kappa shape index (κ3) is 3.11. The lowest BCUT2D eigenvalue weighted by molar-refractivity contribution is -0.690. The zero-order valence-electron chi connectivity index (χ0n) is 15.8. The van der Waals surface area contributed by atoms with Crippen molar-refractivity contribution >= 4 is 11.5 Å². The SMILES string of the molecule is CCc1ccc(C)[n+](CC(=O)/C=C2/N(C)c3ccccc3C2(C)C)c1. The molecule has 0 saturated carbocycles. The Morgan fingerprint density at radius 2 is 1.92 bits per heavy atom. The molecule has 0 atom stereocenters. The van der Waals surface area contributed by atoms with Crippen LogP contribution in [-0.4, -0.2) is 12.8 Å². The van der Waals surface area contributed by atoms with Gasteiger partial charge in [-0.1, -0.05) is 39.0 Å². The highest BCUT2D eigenvalue weighted by atomic mass is 16.1. The lowest BCUT2D eigenvalue weighted by Gasteiger charge is -2.23. The van der Waals surface area contributed by atoms with Crippen molar-refractivity contribution in [3.05, 3.63) is 71.2 Å². The molecule has 130 valence electrons. The Balaban J connectivity index is 1.90. The summed E-state index contributed by atoms with van der Waals surface area (Å²) in [4.78, 5) is 14.9. The number of aromatic nitrogens is 1. The van der Waals surface area contributed by atoms with Gasteiger partial charge in [-0.3, -0.25) is 4.79 Å². The monoisotopic (exact) mass is 335 g/mol. The number of carbonyl (C=O) groups is 1. The first-order valence-electron chi connectivity index (χ1n) is 8.91. The lowest BCUT2D eigenvalue weighted by Crippen LogP contribution is -2.41. The first kappa shape index (κ1) is 17.4. The molecule has 3 rings (SSSR count). The molecule has 2 aromatic rings. The van der Waals surface area contributed by atoms with Crippen molar-refractivity contribution in [1.29, 1.82) is 0 Å². The minimum Gasteiger partial charge on any atom is -0.347 e. The average Bonchev–Trinajstić information content (AvgIpc) is 2.78. The summed E-state index contributed by atoms with van der Waals surface area (Å²) in [5, 5.41) is 0. The van der Waals surface area contributed by atoms with Crippen LogP contribution in [0.1, 0.15) is 37.6 Å². The highest BCUT2D eigenvalue weighted by molar-refractivity contribution is 5.91. The van der Waals surface area contributed by atoms with Crippen molar-refractivity contribution in [2.75, 3.05) is 11.9 Å². The van der Waals surface area contributed by atoms with E-state index in [1.165, 1.54) is 16.8 Å². The second-order valence-electron chi connectivity index (χ2n) is 7.36. The number of rotatable bonds is 4. The third-order valence-electron chi connectivity index (χ3n) is 5.29. The molecule has 1 aromatic heterocycles. The van der Waals surface area contributed by atoms with Gasteiger partial charge in [0.15, 0.2) is 11.9 Å². The molecule has 0 N–H and O–H groups in total. The number of allylic oxidation sites excluding steroid dienone is 2. The smallest absolute Gasteiger partial charge is 0.222 e. The minimum atomic E-state index is -0.161. The summed E-state index contributed by atoms with van der Waals surface area (Å²) in [6, 6.07) is 12.6. The quantitative estimate of drug-likeness (QED) is 0.628. The van der Waals surface area contributed by atoms with E-state index in [1.807, 2.05) is 30.7 Å². The molecular weight excluding hydrogens is 308 g/mol. The van der Waals surface area contributed by atoms with Crippen molar-refractivity contribution in [3.63, 3.8) is 0 Å². The predicted octanol–water partition coefficient (Wildman–Crippen LogP) is 3.73. The highest BCUT2D eigenvalue weighted by Crippen LogP contribution is 2.46. The first-order valence-corrected chi connectivity index (χ1v) is 8.91. The molecule has 0 spiro atoms. The summed E-state index contributed by atoms with van der Waals surface area (Å²) < 4.78 is 2.05. The van der Waals surface area contributed by atoms with Gasteiger partial charge in [0.05, 0.1) is 0 Å². The lowest BCUT2D eigenvalue weighted by atomic mass is 9.83. The van der Waals surface area contributed by atoms with E-state index in [0.29, 0.717) is 6.54 Å². The summed E-state index contributed by atoms with van der Waals surface area (Å²) in [5.74, 6) is 0.129. The molecule has 0 fully saturated rings. The van der Waals surface area contributed by atoms with Crippen molar-refractivity contribution in [1.82, 2.24) is 0 Å². The Bertz CT molecular complexity index is 849. The number of hydrogen-bond acceptors (Lipinski definition) is 2. The number of pyridine rings is 1. The van der Waals surface area contributed by atoms with Crippen LogP contribution in [0.4, 0.5) is 5.69 Å². The van der Waals surface area contributed by atoms with Gasteiger partial charge in [0.2, 0.25) is 12.3 Å². The van der Waals surface area contributed by atoms with Gasteiger partial charge in [-0.15, -0.1) is 0 Å². The first-order chi connectivity index (χ1) is 11.8.